The van der Waals surface area contributed by atoms with Gasteiger partial charge in [-0.05, 0) is 18.2 Å². The van der Waals surface area contributed by atoms with Gasteiger partial charge in [0.05, 0.1) is 4.92 Å². The van der Waals surface area contributed by atoms with Crippen LogP contribution in [0.1, 0.15) is 0 Å². The highest BCUT2D eigenvalue weighted by atomic mass is 79.9. The second-order valence-electron chi connectivity index (χ2n) is 3.83. The molecule has 0 aliphatic carbocycles. The summed E-state index contributed by atoms with van der Waals surface area (Å²) in [6, 6.07) is 6.40. The molecule has 2 rings (SSSR count). The summed E-state index contributed by atoms with van der Waals surface area (Å²) in [5.41, 5.74) is -0.535. The molecule has 0 aliphatic rings. The Bertz CT molecular complexity index is 813. The van der Waals surface area contributed by atoms with Gasteiger partial charge in [-0.15, -0.1) is 0 Å². The first-order valence-corrected chi connectivity index (χ1v) is 8.03. The van der Waals surface area contributed by atoms with Crippen molar-refractivity contribution in [2.24, 2.45) is 0 Å². The first-order chi connectivity index (χ1) is 9.79. The summed E-state index contributed by atoms with van der Waals surface area (Å²) in [5, 5.41) is 11.2. The highest BCUT2D eigenvalue weighted by Crippen LogP contribution is 2.28. The normalized spacial score (nSPS) is 11.1. The van der Waals surface area contributed by atoms with Crippen LogP contribution in [0.25, 0.3) is 0 Å². The molecule has 0 unspecified atom stereocenters. The number of pyridine rings is 1. The van der Waals surface area contributed by atoms with E-state index in [0.29, 0.717) is 4.47 Å². The molecular weight excluding hydrogens is 386 g/mol. The van der Waals surface area contributed by atoms with Crippen molar-refractivity contribution in [3.8, 4) is 0 Å². The Hall–Kier alpha value is -1.71. The van der Waals surface area contributed by atoms with Crippen LogP contribution in [0.3, 0.4) is 0 Å². The van der Waals surface area contributed by atoms with Crippen LogP contribution in [0, 0.1) is 10.1 Å². The van der Waals surface area contributed by atoms with E-state index < -0.39 is 25.5 Å². The molecule has 1 aromatic carbocycles. The highest BCUT2D eigenvalue weighted by molar-refractivity contribution is 9.10. The third kappa shape index (κ3) is 3.69. The number of nitro groups is 1. The number of hydrogen-bond donors (Lipinski definition) is 1. The number of nitro benzene ring substituents is 1. The average Bonchev–Trinajstić information content (AvgIpc) is 2.37. The van der Waals surface area contributed by atoms with E-state index in [4.69, 9.17) is 11.6 Å². The number of hydrogen-bond acceptors (Lipinski definition) is 5. The maximum atomic E-state index is 12.3. The van der Waals surface area contributed by atoms with Crippen molar-refractivity contribution in [2.75, 3.05) is 4.72 Å². The topological polar surface area (TPSA) is 102 Å². The van der Waals surface area contributed by atoms with E-state index in [-0.39, 0.29) is 10.8 Å². The minimum absolute atomic E-state index is 0.0308. The molecule has 1 N–H and O–H groups in total. The molecule has 0 saturated heterocycles. The zero-order valence-corrected chi connectivity index (χ0v) is 13.3. The van der Waals surface area contributed by atoms with Gasteiger partial charge in [-0.1, -0.05) is 27.5 Å². The Kier molecular flexibility index (Phi) is 4.45. The number of rotatable bonds is 4. The fourth-order valence-corrected chi connectivity index (χ4v) is 3.38. The molecule has 1 aromatic heterocycles. The standard InChI is InChI=1S/C11H7BrClN3O4S/c12-7-1-2-9(16(17)18)10(5-7)21(19,20)15-11-6-8(13)3-4-14-11/h1-6H,(H,14,15). The van der Waals surface area contributed by atoms with E-state index in [1.54, 1.807) is 0 Å². The molecule has 0 spiro atoms. The zero-order chi connectivity index (χ0) is 15.6. The molecule has 7 nitrogen and oxygen atoms in total. The van der Waals surface area contributed by atoms with E-state index in [2.05, 4.69) is 25.6 Å². The van der Waals surface area contributed by atoms with Gasteiger partial charge in [-0.25, -0.2) is 13.4 Å². The Morgan fingerprint density at radius 3 is 2.62 bits per heavy atom. The summed E-state index contributed by atoms with van der Waals surface area (Å²) in [5.74, 6) is -0.0308. The Labute approximate surface area is 133 Å². The lowest BCUT2D eigenvalue weighted by Crippen LogP contribution is -2.15. The minimum Gasteiger partial charge on any atom is -0.263 e. The van der Waals surface area contributed by atoms with Crippen LogP contribution in [0.2, 0.25) is 5.02 Å². The van der Waals surface area contributed by atoms with Crippen LogP contribution in [0.15, 0.2) is 45.9 Å². The summed E-state index contributed by atoms with van der Waals surface area (Å²) in [6.45, 7) is 0. The van der Waals surface area contributed by atoms with E-state index in [1.807, 2.05) is 0 Å². The lowest BCUT2D eigenvalue weighted by atomic mass is 10.3. The van der Waals surface area contributed by atoms with Crippen LogP contribution < -0.4 is 4.72 Å². The molecule has 110 valence electrons. The molecule has 0 atom stereocenters. The first-order valence-electron chi connectivity index (χ1n) is 5.38. The molecule has 2 aromatic rings. The van der Waals surface area contributed by atoms with Crippen molar-refractivity contribution in [1.29, 1.82) is 0 Å². The van der Waals surface area contributed by atoms with Crippen molar-refractivity contribution in [3.63, 3.8) is 0 Å². The molecular formula is C11H7BrClN3O4S. The Morgan fingerprint density at radius 1 is 1.29 bits per heavy atom. The zero-order valence-electron chi connectivity index (χ0n) is 10.2. The number of nitrogens with one attached hydrogen (secondary N) is 1. The van der Waals surface area contributed by atoms with E-state index in [0.717, 1.165) is 12.1 Å². The van der Waals surface area contributed by atoms with Gasteiger partial charge in [0, 0.05) is 27.8 Å². The SMILES string of the molecule is O=[N+]([O-])c1ccc(Br)cc1S(=O)(=O)Nc1cc(Cl)ccn1. The average molecular weight is 393 g/mol. The molecule has 0 fully saturated rings. The quantitative estimate of drug-likeness (QED) is 0.636. The fourth-order valence-electron chi connectivity index (χ4n) is 1.51. The van der Waals surface area contributed by atoms with Crippen molar-refractivity contribution >= 4 is 49.1 Å². The summed E-state index contributed by atoms with van der Waals surface area (Å²) < 4.78 is 27.1. The van der Waals surface area contributed by atoms with Crippen LogP contribution >= 0.6 is 27.5 Å². The fraction of sp³-hybridized carbons (Fsp3) is 0. The largest absolute Gasteiger partial charge is 0.289 e. The first kappa shape index (κ1) is 15.7. The summed E-state index contributed by atoms with van der Waals surface area (Å²) in [4.78, 5) is 13.5. The van der Waals surface area contributed by atoms with Crippen LogP contribution in [0.5, 0.6) is 0 Å². The molecule has 0 saturated carbocycles. The summed E-state index contributed by atoms with van der Waals surface area (Å²) in [6.07, 6.45) is 1.31. The molecule has 0 bridgehead atoms. The maximum absolute atomic E-state index is 12.3. The molecule has 21 heavy (non-hydrogen) atoms. The summed E-state index contributed by atoms with van der Waals surface area (Å²) >= 11 is 8.82. The van der Waals surface area contributed by atoms with Crippen LogP contribution in [-0.2, 0) is 10.0 Å². The van der Waals surface area contributed by atoms with E-state index >= 15 is 0 Å². The Balaban J connectivity index is 2.49. The van der Waals surface area contributed by atoms with Gasteiger partial charge in [0.2, 0.25) is 0 Å². The second-order valence-corrected chi connectivity index (χ2v) is 6.84. The second kappa shape index (κ2) is 5.96. The van der Waals surface area contributed by atoms with Gasteiger partial charge in [0.25, 0.3) is 15.7 Å². The number of halogens is 2. The minimum atomic E-state index is -4.17. The number of benzene rings is 1. The van der Waals surface area contributed by atoms with Gasteiger partial charge in [-0.3, -0.25) is 14.8 Å². The smallest absolute Gasteiger partial charge is 0.263 e. The molecule has 10 heteroatoms. The predicted molar refractivity (Wildman–Crippen MR) is 80.9 cm³/mol. The van der Waals surface area contributed by atoms with Gasteiger partial charge in [-0.2, -0.15) is 0 Å². The van der Waals surface area contributed by atoms with Gasteiger partial charge in [0.1, 0.15) is 5.82 Å². The lowest BCUT2D eigenvalue weighted by Gasteiger charge is -2.08. The highest BCUT2D eigenvalue weighted by Gasteiger charge is 2.26. The van der Waals surface area contributed by atoms with Crippen molar-refractivity contribution in [3.05, 3.63) is 56.1 Å². The summed E-state index contributed by atoms with van der Waals surface area (Å²) in [7, 11) is -4.17. The van der Waals surface area contributed by atoms with Crippen LogP contribution in [0.4, 0.5) is 11.5 Å². The predicted octanol–water partition coefficient (Wildman–Crippen LogP) is 3.21. The number of sulfonamides is 1. The monoisotopic (exact) mass is 391 g/mol. The maximum Gasteiger partial charge on any atom is 0.289 e. The number of aromatic nitrogens is 1. The molecule has 0 aliphatic heterocycles. The van der Waals surface area contributed by atoms with E-state index in [1.165, 1.54) is 24.4 Å². The number of nitrogens with zero attached hydrogens (tertiary/aromatic N) is 2. The van der Waals surface area contributed by atoms with Crippen molar-refractivity contribution in [1.82, 2.24) is 4.98 Å². The van der Waals surface area contributed by atoms with Gasteiger partial charge < -0.3 is 0 Å². The van der Waals surface area contributed by atoms with Gasteiger partial charge >= 0.3 is 0 Å². The van der Waals surface area contributed by atoms with Crippen molar-refractivity contribution in [2.45, 2.75) is 4.90 Å². The lowest BCUT2D eigenvalue weighted by molar-refractivity contribution is -0.387. The van der Waals surface area contributed by atoms with Crippen LogP contribution in [-0.4, -0.2) is 18.3 Å². The Morgan fingerprint density at radius 2 is 2.00 bits per heavy atom. The molecule has 0 radical (unpaired) electrons. The van der Waals surface area contributed by atoms with Crippen molar-refractivity contribution < 1.29 is 13.3 Å². The third-order valence-corrected chi connectivity index (χ3v) is 4.48. The third-order valence-electron chi connectivity index (χ3n) is 2.37. The molecule has 0 amide bonds. The molecule has 1 heterocycles. The van der Waals surface area contributed by atoms with Gasteiger partial charge in [0.15, 0.2) is 4.90 Å². The van der Waals surface area contributed by atoms with E-state index in [9.17, 15) is 18.5 Å². The number of anilines is 1.